The fourth-order valence-corrected chi connectivity index (χ4v) is 3.33. The van der Waals surface area contributed by atoms with E-state index in [1.807, 2.05) is 7.11 Å². The van der Waals surface area contributed by atoms with Gasteiger partial charge < -0.3 is 10.1 Å². The predicted octanol–water partition coefficient (Wildman–Crippen LogP) is 2.72. The predicted molar refractivity (Wildman–Crippen MR) is 63.0 cm³/mol. The molecule has 2 aliphatic carbocycles. The summed E-state index contributed by atoms with van der Waals surface area (Å²) in [6.45, 7) is 0. The van der Waals surface area contributed by atoms with Gasteiger partial charge in [-0.3, -0.25) is 0 Å². The van der Waals surface area contributed by atoms with Gasteiger partial charge in [-0.15, -0.1) is 0 Å². The minimum absolute atomic E-state index is 0.157. The Hall–Kier alpha value is -0.0800. The average molecular weight is 211 g/mol. The van der Waals surface area contributed by atoms with E-state index in [1.165, 1.54) is 51.4 Å². The first kappa shape index (κ1) is 11.4. The molecule has 0 spiro atoms. The second kappa shape index (κ2) is 4.84. The number of nitrogens with one attached hydrogen (secondary N) is 1. The van der Waals surface area contributed by atoms with Gasteiger partial charge in [0.15, 0.2) is 0 Å². The van der Waals surface area contributed by atoms with Gasteiger partial charge in [-0.2, -0.15) is 0 Å². The summed E-state index contributed by atoms with van der Waals surface area (Å²) in [4.78, 5) is 0. The molecular formula is C13H25NO. The highest BCUT2D eigenvalue weighted by molar-refractivity contribution is 4.97. The summed E-state index contributed by atoms with van der Waals surface area (Å²) < 4.78 is 5.86. The molecule has 0 aliphatic heterocycles. The number of likely N-dealkylation sites (N-methyl/N-ethyl adjacent to an activating group) is 1. The third kappa shape index (κ3) is 2.21. The van der Waals surface area contributed by atoms with Gasteiger partial charge in [-0.05, 0) is 32.2 Å². The second-order valence-corrected chi connectivity index (χ2v) is 5.35. The zero-order valence-electron chi connectivity index (χ0n) is 10.2. The number of hydrogen-bond acceptors (Lipinski definition) is 2. The molecule has 0 radical (unpaired) electrons. The van der Waals surface area contributed by atoms with Gasteiger partial charge in [0.25, 0.3) is 0 Å². The molecule has 0 heterocycles. The molecule has 0 aromatic heterocycles. The molecule has 0 aromatic carbocycles. The molecule has 2 saturated carbocycles. The summed E-state index contributed by atoms with van der Waals surface area (Å²) in [5.74, 6) is 0.968. The van der Waals surface area contributed by atoms with Gasteiger partial charge in [0.1, 0.15) is 0 Å². The molecule has 15 heavy (non-hydrogen) atoms. The van der Waals surface area contributed by atoms with Crippen molar-refractivity contribution < 1.29 is 4.74 Å². The molecule has 1 atom stereocenters. The van der Waals surface area contributed by atoms with E-state index in [0.717, 1.165) is 5.92 Å². The van der Waals surface area contributed by atoms with Crippen LogP contribution >= 0.6 is 0 Å². The van der Waals surface area contributed by atoms with Crippen LogP contribution in [0.15, 0.2) is 0 Å². The van der Waals surface area contributed by atoms with Gasteiger partial charge in [0.2, 0.25) is 0 Å². The van der Waals surface area contributed by atoms with Crippen LogP contribution in [-0.4, -0.2) is 25.8 Å². The van der Waals surface area contributed by atoms with Crippen molar-refractivity contribution in [1.29, 1.82) is 0 Å². The smallest absolute Gasteiger partial charge is 0.0830 e. The molecule has 0 bridgehead atoms. The Balaban J connectivity index is 1.95. The summed E-state index contributed by atoms with van der Waals surface area (Å²) in [5, 5.41) is 3.51. The van der Waals surface area contributed by atoms with Crippen LogP contribution in [0.4, 0.5) is 0 Å². The van der Waals surface area contributed by atoms with Crippen molar-refractivity contribution in [3.05, 3.63) is 0 Å². The molecule has 0 aromatic rings. The quantitative estimate of drug-likeness (QED) is 0.755. The van der Waals surface area contributed by atoms with E-state index in [1.54, 1.807) is 0 Å². The third-order valence-electron chi connectivity index (χ3n) is 4.63. The first-order chi connectivity index (χ1) is 7.30. The van der Waals surface area contributed by atoms with Crippen LogP contribution < -0.4 is 5.32 Å². The Morgan fingerprint density at radius 1 is 1.27 bits per heavy atom. The molecule has 2 fully saturated rings. The summed E-state index contributed by atoms with van der Waals surface area (Å²) in [6, 6.07) is 0.579. The van der Waals surface area contributed by atoms with Crippen LogP contribution in [0, 0.1) is 5.92 Å². The summed E-state index contributed by atoms with van der Waals surface area (Å²) >= 11 is 0. The second-order valence-electron chi connectivity index (χ2n) is 5.35. The Morgan fingerprint density at radius 2 is 1.93 bits per heavy atom. The normalized spacial score (nSPS) is 27.6. The summed E-state index contributed by atoms with van der Waals surface area (Å²) in [7, 11) is 4.00. The van der Waals surface area contributed by atoms with Gasteiger partial charge in [-0.1, -0.05) is 32.1 Å². The van der Waals surface area contributed by atoms with Crippen molar-refractivity contribution >= 4 is 0 Å². The van der Waals surface area contributed by atoms with Crippen LogP contribution in [-0.2, 0) is 4.74 Å². The highest BCUT2D eigenvalue weighted by atomic mass is 16.5. The molecule has 2 aliphatic rings. The van der Waals surface area contributed by atoms with E-state index in [2.05, 4.69) is 12.4 Å². The van der Waals surface area contributed by atoms with Crippen molar-refractivity contribution in [3.8, 4) is 0 Å². The minimum Gasteiger partial charge on any atom is -0.377 e. The highest BCUT2D eigenvalue weighted by Crippen LogP contribution is 2.40. The maximum absolute atomic E-state index is 5.86. The van der Waals surface area contributed by atoms with Gasteiger partial charge in [0, 0.05) is 13.2 Å². The van der Waals surface area contributed by atoms with Crippen LogP contribution in [0.5, 0.6) is 0 Å². The van der Waals surface area contributed by atoms with Crippen molar-refractivity contribution in [2.75, 3.05) is 14.2 Å². The third-order valence-corrected chi connectivity index (χ3v) is 4.63. The Morgan fingerprint density at radius 3 is 2.33 bits per heavy atom. The molecule has 0 saturated heterocycles. The van der Waals surface area contributed by atoms with Crippen LogP contribution in [0.25, 0.3) is 0 Å². The van der Waals surface area contributed by atoms with Gasteiger partial charge in [-0.25, -0.2) is 0 Å². The van der Waals surface area contributed by atoms with E-state index in [-0.39, 0.29) is 5.60 Å². The zero-order valence-corrected chi connectivity index (χ0v) is 10.2. The lowest BCUT2D eigenvalue weighted by molar-refractivity contribution is -0.0425. The number of methoxy groups -OCH3 is 1. The highest BCUT2D eigenvalue weighted by Gasteiger charge is 2.42. The minimum atomic E-state index is 0.157. The van der Waals surface area contributed by atoms with Gasteiger partial charge in [0.05, 0.1) is 5.60 Å². The molecule has 88 valence electrons. The van der Waals surface area contributed by atoms with Crippen molar-refractivity contribution in [2.24, 2.45) is 5.92 Å². The molecule has 0 amide bonds. The average Bonchev–Trinajstić information content (AvgIpc) is 2.66. The maximum Gasteiger partial charge on any atom is 0.0830 e. The molecule has 2 rings (SSSR count). The number of rotatable bonds is 5. The Bertz CT molecular complexity index is 195. The van der Waals surface area contributed by atoms with Crippen LogP contribution in [0.1, 0.15) is 51.4 Å². The lowest BCUT2D eigenvalue weighted by Crippen LogP contribution is -2.50. The number of hydrogen-bond donors (Lipinski definition) is 1. The van der Waals surface area contributed by atoms with E-state index in [9.17, 15) is 0 Å². The molecular weight excluding hydrogens is 186 g/mol. The monoisotopic (exact) mass is 211 g/mol. The summed E-state index contributed by atoms with van der Waals surface area (Å²) in [5.41, 5.74) is 0.157. The lowest BCUT2D eigenvalue weighted by atomic mass is 9.76. The summed E-state index contributed by atoms with van der Waals surface area (Å²) in [6.07, 6.45) is 10.8. The number of ether oxygens (including phenoxy) is 1. The van der Waals surface area contributed by atoms with E-state index in [4.69, 9.17) is 4.74 Å². The Labute approximate surface area is 93.8 Å². The van der Waals surface area contributed by atoms with E-state index >= 15 is 0 Å². The first-order valence-electron chi connectivity index (χ1n) is 6.53. The van der Waals surface area contributed by atoms with Crippen molar-refractivity contribution in [3.63, 3.8) is 0 Å². The van der Waals surface area contributed by atoms with Crippen molar-refractivity contribution in [1.82, 2.24) is 5.32 Å². The lowest BCUT2D eigenvalue weighted by Gasteiger charge is -2.40. The zero-order chi connectivity index (χ0) is 10.7. The molecule has 2 heteroatoms. The largest absolute Gasteiger partial charge is 0.377 e. The standard InChI is InChI=1S/C13H25NO/c1-14-12(10-11-6-5-7-11)13(15-2)8-3-4-9-13/h11-12,14H,3-10H2,1-2H3. The van der Waals surface area contributed by atoms with E-state index in [0.29, 0.717) is 6.04 Å². The van der Waals surface area contributed by atoms with Crippen LogP contribution in [0.2, 0.25) is 0 Å². The fourth-order valence-electron chi connectivity index (χ4n) is 3.33. The van der Waals surface area contributed by atoms with Crippen molar-refractivity contribution in [2.45, 2.75) is 63.0 Å². The SMILES string of the molecule is CNC(CC1CCC1)C1(OC)CCCC1. The first-order valence-corrected chi connectivity index (χ1v) is 6.53. The molecule has 2 nitrogen and oxygen atoms in total. The molecule has 1 N–H and O–H groups in total. The van der Waals surface area contributed by atoms with E-state index < -0.39 is 0 Å². The Kier molecular flexibility index (Phi) is 3.68. The fraction of sp³-hybridized carbons (Fsp3) is 1.00. The van der Waals surface area contributed by atoms with Gasteiger partial charge >= 0.3 is 0 Å². The molecule has 1 unspecified atom stereocenters. The maximum atomic E-state index is 5.86. The topological polar surface area (TPSA) is 21.3 Å². The van der Waals surface area contributed by atoms with Crippen LogP contribution in [0.3, 0.4) is 0 Å².